The minimum absolute atomic E-state index is 0.275. The van der Waals surface area contributed by atoms with Gasteiger partial charge in [-0.2, -0.15) is 0 Å². The van der Waals surface area contributed by atoms with Crippen LogP contribution in [0, 0.1) is 5.92 Å². The molecule has 1 heterocycles. The number of benzene rings is 1. The molecule has 1 fully saturated rings. The molecule has 5 heteroatoms. The van der Waals surface area contributed by atoms with Crippen LogP contribution in [0.5, 0.6) is 11.5 Å². The highest BCUT2D eigenvalue weighted by molar-refractivity contribution is 9.10. The van der Waals surface area contributed by atoms with E-state index in [0.717, 1.165) is 54.0 Å². The monoisotopic (exact) mass is 343 g/mol. The highest BCUT2D eigenvalue weighted by atomic mass is 79.9. The molecule has 0 radical (unpaired) electrons. The fraction of sp³-hybridized carbons (Fsp3) is 0.600. The summed E-state index contributed by atoms with van der Waals surface area (Å²) >= 11 is 3.48. The number of nitrogens with zero attached hydrogens (tertiary/aromatic N) is 1. The second-order valence-corrected chi connectivity index (χ2v) is 6.08. The SMILES string of the molecule is COc1cc(CN2CCCC(CO)C2)c(OC)cc1Br. The van der Waals surface area contributed by atoms with Crippen LogP contribution in [0.15, 0.2) is 16.6 Å². The maximum Gasteiger partial charge on any atom is 0.133 e. The van der Waals surface area contributed by atoms with E-state index in [4.69, 9.17) is 9.47 Å². The van der Waals surface area contributed by atoms with E-state index in [9.17, 15) is 5.11 Å². The summed E-state index contributed by atoms with van der Waals surface area (Å²) < 4.78 is 11.7. The molecule has 1 atom stereocenters. The lowest BCUT2D eigenvalue weighted by atomic mass is 9.98. The Morgan fingerprint density at radius 2 is 2.05 bits per heavy atom. The molecular weight excluding hydrogens is 322 g/mol. The molecule has 0 aromatic heterocycles. The Balaban J connectivity index is 2.15. The van der Waals surface area contributed by atoms with Crippen molar-refractivity contribution in [2.45, 2.75) is 19.4 Å². The van der Waals surface area contributed by atoms with Crippen molar-refractivity contribution in [3.05, 3.63) is 22.2 Å². The second kappa shape index (κ2) is 7.29. The number of methoxy groups -OCH3 is 2. The Morgan fingerprint density at radius 1 is 1.30 bits per heavy atom. The predicted molar refractivity (Wildman–Crippen MR) is 82.3 cm³/mol. The topological polar surface area (TPSA) is 41.9 Å². The van der Waals surface area contributed by atoms with Gasteiger partial charge in [0.1, 0.15) is 11.5 Å². The van der Waals surface area contributed by atoms with Crippen molar-refractivity contribution in [2.75, 3.05) is 33.9 Å². The summed E-state index contributed by atoms with van der Waals surface area (Å²) in [5, 5.41) is 9.32. The molecule has 112 valence electrons. The largest absolute Gasteiger partial charge is 0.496 e. The van der Waals surface area contributed by atoms with Gasteiger partial charge in [0.25, 0.3) is 0 Å². The van der Waals surface area contributed by atoms with Crippen LogP contribution in [-0.4, -0.2) is 43.9 Å². The Morgan fingerprint density at radius 3 is 2.70 bits per heavy atom. The van der Waals surface area contributed by atoms with Crippen molar-refractivity contribution in [3.8, 4) is 11.5 Å². The molecule has 1 aromatic rings. The summed E-state index contributed by atoms with van der Waals surface area (Å²) in [7, 11) is 3.35. The minimum Gasteiger partial charge on any atom is -0.496 e. The van der Waals surface area contributed by atoms with Gasteiger partial charge in [0.2, 0.25) is 0 Å². The normalized spacial score (nSPS) is 19.9. The molecule has 1 unspecified atom stereocenters. The quantitative estimate of drug-likeness (QED) is 0.892. The smallest absolute Gasteiger partial charge is 0.133 e. The van der Waals surface area contributed by atoms with Crippen LogP contribution in [0.4, 0.5) is 0 Å². The van der Waals surface area contributed by atoms with Crippen LogP contribution < -0.4 is 9.47 Å². The lowest BCUT2D eigenvalue weighted by Crippen LogP contribution is -2.36. The number of halogens is 1. The molecular formula is C15H22BrNO3. The van der Waals surface area contributed by atoms with Gasteiger partial charge in [0.05, 0.1) is 18.7 Å². The van der Waals surface area contributed by atoms with E-state index in [2.05, 4.69) is 20.8 Å². The third kappa shape index (κ3) is 3.65. The maximum absolute atomic E-state index is 9.32. The van der Waals surface area contributed by atoms with Crippen molar-refractivity contribution in [1.82, 2.24) is 4.90 Å². The zero-order valence-corrected chi connectivity index (χ0v) is 13.6. The Hall–Kier alpha value is -0.780. The zero-order valence-electron chi connectivity index (χ0n) is 12.1. The number of piperidine rings is 1. The number of likely N-dealkylation sites (tertiary alicyclic amines) is 1. The first kappa shape index (κ1) is 15.6. The van der Waals surface area contributed by atoms with Gasteiger partial charge in [-0.15, -0.1) is 0 Å². The van der Waals surface area contributed by atoms with Crippen LogP contribution in [0.1, 0.15) is 18.4 Å². The molecule has 4 nitrogen and oxygen atoms in total. The first-order chi connectivity index (χ1) is 9.67. The molecule has 0 amide bonds. The third-order valence-corrected chi connectivity index (χ3v) is 4.43. The van der Waals surface area contributed by atoms with Crippen LogP contribution >= 0.6 is 15.9 Å². The summed E-state index contributed by atoms with van der Waals surface area (Å²) in [4.78, 5) is 2.37. The van der Waals surface area contributed by atoms with Gasteiger partial charge in [-0.3, -0.25) is 4.90 Å². The lowest BCUT2D eigenvalue weighted by Gasteiger charge is -2.32. The van der Waals surface area contributed by atoms with Gasteiger partial charge in [-0.1, -0.05) is 0 Å². The van der Waals surface area contributed by atoms with E-state index in [1.165, 1.54) is 0 Å². The number of ether oxygens (including phenoxy) is 2. The maximum atomic E-state index is 9.32. The first-order valence-corrected chi connectivity index (χ1v) is 7.70. The van der Waals surface area contributed by atoms with E-state index >= 15 is 0 Å². The molecule has 0 bridgehead atoms. The second-order valence-electron chi connectivity index (χ2n) is 5.22. The summed E-state index contributed by atoms with van der Waals surface area (Å²) in [6.07, 6.45) is 2.26. The van der Waals surface area contributed by atoms with Crippen molar-refractivity contribution in [1.29, 1.82) is 0 Å². The minimum atomic E-state index is 0.275. The molecule has 2 rings (SSSR count). The van der Waals surface area contributed by atoms with Crippen LogP contribution in [0.3, 0.4) is 0 Å². The molecule has 0 aliphatic carbocycles. The van der Waals surface area contributed by atoms with Crippen LogP contribution in [0.25, 0.3) is 0 Å². The van der Waals surface area contributed by atoms with Gasteiger partial charge in [-0.25, -0.2) is 0 Å². The standard InChI is InChI=1S/C15H22BrNO3/c1-19-14-7-13(16)15(20-2)6-12(14)9-17-5-3-4-11(8-17)10-18/h6-7,11,18H,3-5,8-10H2,1-2H3. The van der Waals surface area contributed by atoms with Crippen LogP contribution in [0.2, 0.25) is 0 Å². The highest BCUT2D eigenvalue weighted by Gasteiger charge is 2.21. The van der Waals surface area contributed by atoms with E-state index in [1.54, 1.807) is 14.2 Å². The number of hydrogen-bond donors (Lipinski definition) is 1. The van der Waals surface area contributed by atoms with Gasteiger partial charge in [-0.05, 0) is 53.4 Å². The number of aliphatic hydroxyl groups is 1. The van der Waals surface area contributed by atoms with Crippen molar-refractivity contribution < 1.29 is 14.6 Å². The van der Waals surface area contributed by atoms with Gasteiger partial charge < -0.3 is 14.6 Å². The molecule has 1 saturated heterocycles. The Bertz CT molecular complexity index is 453. The van der Waals surface area contributed by atoms with E-state index < -0.39 is 0 Å². The van der Waals surface area contributed by atoms with E-state index in [-0.39, 0.29) is 6.61 Å². The van der Waals surface area contributed by atoms with Crippen LogP contribution in [-0.2, 0) is 6.54 Å². The summed E-state index contributed by atoms with van der Waals surface area (Å²) in [5.41, 5.74) is 1.12. The van der Waals surface area contributed by atoms with Gasteiger partial charge in [0.15, 0.2) is 0 Å². The fourth-order valence-electron chi connectivity index (χ4n) is 2.73. The molecule has 1 aromatic carbocycles. The summed E-state index contributed by atoms with van der Waals surface area (Å²) in [5.74, 6) is 2.08. The van der Waals surface area contributed by atoms with E-state index in [0.29, 0.717) is 5.92 Å². The third-order valence-electron chi connectivity index (χ3n) is 3.81. The average Bonchev–Trinajstić information content (AvgIpc) is 2.48. The first-order valence-electron chi connectivity index (χ1n) is 6.91. The Kier molecular flexibility index (Phi) is 5.69. The average molecular weight is 344 g/mol. The number of rotatable bonds is 5. The molecule has 0 saturated carbocycles. The van der Waals surface area contributed by atoms with Crippen molar-refractivity contribution in [3.63, 3.8) is 0 Å². The number of hydrogen-bond acceptors (Lipinski definition) is 4. The highest BCUT2D eigenvalue weighted by Crippen LogP contribution is 2.34. The molecule has 1 aliphatic heterocycles. The Labute approximate surface area is 128 Å². The fourth-order valence-corrected chi connectivity index (χ4v) is 3.22. The van der Waals surface area contributed by atoms with Crippen molar-refractivity contribution >= 4 is 15.9 Å². The lowest BCUT2D eigenvalue weighted by molar-refractivity contribution is 0.115. The van der Waals surface area contributed by atoms with E-state index in [1.807, 2.05) is 12.1 Å². The number of aliphatic hydroxyl groups excluding tert-OH is 1. The molecule has 0 spiro atoms. The van der Waals surface area contributed by atoms with Gasteiger partial charge >= 0.3 is 0 Å². The zero-order chi connectivity index (χ0) is 14.5. The predicted octanol–water partition coefficient (Wildman–Crippen LogP) is 2.67. The molecule has 1 N–H and O–H groups in total. The summed E-state index contributed by atoms with van der Waals surface area (Å²) in [6.45, 7) is 3.11. The molecule has 20 heavy (non-hydrogen) atoms. The summed E-state index contributed by atoms with van der Waals surface area (Å²) in [6, 6.07) is 3.97. The van der Waals surface area contributed by atoms with Gasteiger partial charge in [0, 0.05) is 25.3 Å². The molecule has 1 aliphatic rings. The van der Waals surface area contributed by atoms with Crippen molar-refractivity contribution in [2.24, 2.45) is 5.92 Å².